The summed E-state index contributed by atoms with van der Waals surface area (Å²) < 4.78 is 87.2. The molecule has 1 fully saturated rings. The van der Waals surface area contributed by atoms with Crippen LogP contribution in [0.1, 0.15) is 12.8 Å². The summed E-state index contributed by atoms with van der Waals surface area (Å²) in [6.07, 6.45) is 7.12. The van der Waals surface area contributed by atoms with E-state index in [1.165, 1.54) is 8.28 Å². The van der Waals surface area contributed by atoms with Crippen LogP contribution >= 0.6 is 0 Å². The second kappa shape index (κ2) is 6.75. The third-order valence-electron chi connectivity index (χ3n) is 2.90. The highest BCUT2D eigenvalue weighted by molar-refractivity contribution is 7.87. The van der Waals surface area contributed by atoms with Crippen LogP contribution in [0.5, 0.6) is 0 Å². The Morgan fingerprint density at radius 3 is 2.09 bits per heavy atom. The van der Waals surface area contributed by atoms with Crippen molar-refractivity contribution in [3.05, 3.63) is 18.7 Å². The minimum atomic E-state index is -6.09. The Balaban J connectivity index is 0.000000284. The zero-order chi connectivity index (χ0) is 18.1. The molecule has 0 aromatic carbocycles. The molecule has 1 aromatic heterocycles. The van der Waals surface area contributed by atoms with E-state index in [0.717, 1.165) is 12.8 Å². The van der Waals surface area contributed by atoms with Gasteiger partial charge in [0.05, 0.1) is 7.05 Å². The third-order valence-corrected chi connectivity index (χ3v) is 5.15. The summed E-state index contributed by atoms with van der Waals surface area (Å²) in [6.45, 7) is 0.629. The van der Waals surface area contributed by atoms with Crippen molar-refractivity contribution in [1.82, 2.24) is 8.28 Å². The second-order valence-corrected chi connectivity index (χ2v) is 8.35. The van der Waals surface area contributed by atoms with Gasteiger partial charge in [0, 0.05) is 13.6 Å². The molecule has 0 N–H and O–H groups in total. The average Bonchev–Trinajstić information content (AvgIpc) is 3.06. The molecule has 0 amide bonds. The van der Waals surface area contributed by atoms with E-state index < -0.39 is 25.8 Å². The molecule has 0 bridgehead atoms. The normalized spacial score (nSPS) is 16.1. The molecule has 13 heteroatoms. The molecule has 23 heavy (non-hydrogen) atoms. The topological polar surface area (TPSA) is 103 Å². The standard InChI is InChI=1S/C9H16N3O2S.CHF3O3S/c1-10-5-6-12(8-10)15(13,14)11(2)7-9-3-4-9;2-1(3,4)8(5,6)7/h5-6,8-9H,3-4,7H2,1-2H3;(H,5,6,7)/q+1;/p-1. The van der Waals surface area contributed by atoms with Gasteiger partial charge in [-0.25, -0.2) is 13.0 Å². The van der Waals surface area contributed by atoms with Crippen LogP contribution in [0.25, 0.3) is 0 Å². The highest BCUT2D eigenvalue weighted by Crippen LogP contribution is 2.30. The Bertz CT molecular complexity index is 738. The molecule has 0 unspecified atom stereocenters. The lowest BCUT2D eigenvalue weighted by atomic mass is 10.4. The molecule has 0 aliphatic heterocycles. The van der Waals surface area contributed by atoms with Crippen LogP contribution in [0.3, 0.4) is 0 Å². The largest absolute Gasteiger partial charge is 0.741 e. The Kier molecular flexibility index (Phi) is 5.83. The van der Waals surface area contributed by atoms with E-state index in [0.29, 0.717) is 12.5 Å². The van der Waals surface area contributed by atoms with Crippen molar-refractivity contribution >= 4 is 20.3 Å². The first-order valence-electron chi connectivity index (χ1n) is 6.27. The molecule has 0 atom stereocenters. The fourth-order valence-electron chi connectivity index (χ4n) is 1.48. The van der Waals surface area contributed by atoms with Gasteiger partial charge >= 0.3 is 15.7 Å². The van der Waals surface area contributed by atoms with Crippen LogP contribution in [0.2, 0.25) is 0 Å². The van der Waals surface area contributed by atoms with Crippen molar-refractivity contribution in [1.29, 1.82) is 0 Å². The van der Waals surface area contributed by atoms with E-state index in [4.69, 9.17) is 13.0 Å². The maximum atomic E-state index is 12.0. The molecule has 0 radical (unpaired) electrons. The molecule has 1 aliphatic carbocycles. The SMILES string of the molecule is CN(CC1CC1)S(=O)(=O)n1cc[n+](C)c1.O=S(=O)([O-])C(F)(F)F. The van der Waals surface area contributed by atoms with Crippen LogP contribution in [-0.4, -0.2) is 48.8 Å². The predicted octanol–water partition coefficient (Wildman–Crippen LogP) is -0.201. The van der Waals surface area contributed by atoms with Gasteiger partial charge in [0.2, 0.25) is 0 Å². The second-order valence-electron chi connectivity index (χ2n) is 5.04. The number of aryl methyl sites for hydroxylation is 1. The number of nitrogens with zero attached hydrogens (tertiary/aromatic N) is 3. The van der Waals surface area contributed by atoms with Crippen LogP contribution in [-0.2, 0) is 27.4 Å². The highest BCUT2D eigenvalue weighted by atomic mass is 32.2. The predicted molar refractivity (Wildman–Crippen MR) is 71.0 cm³/mol. The van der Waals surface area contributed by atoms with Crippen molar-refractivity contribution in [2.45, 2.75) is 18.3 Å². The zero-order valence-corrected chi connectivity index (χ0v) is 13.9. The molecule has 1 heterocycles. The zero-order valence-electron chi connectivity index (χ0n) is 12.3. The number of hydrogen-bond donors (Lipinski definition) is 0. The Morgan fingerprint density at radius 2 is 1.78 bits per heavy atom. The lowest BCUT2D eigenvalue weighted by molar-refractivity contribution is -0.670. The van der Waals surface area contributed by atoms with Crippen molar-refractivity contribution < 1.29 is 39.1 Å². The van der Waals surface area contributed by atoms with Crippen LogP contribution in [0.15, 0.2) is 18.7 Å². The molecule has 2 rings (SSSR count). The van der Waals surface area contributed by atoms with E-state index in [-0.39, 0.29) is 0 Å². The van der Waals surface area contributed by atoms with Crippen molar-refractivity contribution in [2.24, 2.45) is 13.0 Å². The summed E-state index contributed by atoms with van der Waals surface area (Å²) in [5.41, 5.74) is -5.65. The smallest absolute Gasteiger partial charge is 0.485 e. The Morgan fingerprint density at radius 1 is 1.30 bits per heavy atom. The van der Waals surface area contributed by atoms with Gasteiger partial charge in [-0.05, 0) is 18.8 Å². The van der Waals surface area contributed by atoms with Gasteiger partial charge in [0.15, 0.2) is 10.1 Å². The Labute approximate surface area is 132 Å². The molecule has 0 spiro atoms. The van der Waals surface area contributed by atoms with Gasteiger partial charge in [-0.2, -0.15) is 25.9 Å². The molecule has 1 aliphatic rings. The number of halogens is 3. The van der Waals surface area contributed by atoms with Gasteiger partial charge in [-0.3, -0.25) is 0 Å². The maximum absolute atomic E-state index is 12.0. The summed E-state index contributed by atoms with van der Waals surface area (Å²) in [5, 5.41) is 0. The van der Waals surface area contributed by atoms with E-state index in [1.54, 1.807) is 37.4 Å². The lowest BCUT2D eigenvalue weighted by Gasteiger charge is -2.12. The molecular formula is C10H16F3N3O5S2. The fourth-order valence-corrected chi connectivity index (χ4v) is 2.68. The van der Waals surface area contributed by atoms with Crippen LogP contribution in [0, 0.1) is 5.92 Å². The van der Waals surface area contributed by atoms with Gasteiger partial charge < -0.3 is 4.55 Å². The number of rotatable bonds is 4. The summed E-state index contributed by atoms with van der Waals surface area (Å²) >= 11 is 0. The first-order valence-corrected chi connectivity index (χ1v) is 9.08. The molecular weight excluding hydrogens is 363 g/mol. The number of aromatic nitrogens is 2. The average molecular weight is 379 g/mol. The number of imidazole rings is 1. The molecule has 134 valence electrons. The van der Waals surface area contributed by atoms with Crippen molar-refractivity contribution in [3.63, 3.8) is 0 Å². The Hall–Kier alpha value is -1.18. The summed E-state index contributed by atoms with van der Waals surface area (Å²) in [6, 6.07) is 0. The minimum Gasteiger partial charge on any atom is -0.741 e. The van der Waals surface area contributed by atoms with E-state index >= 15 is 0 Å². The van der Waals surface area contributed by atoms with Crippen LogP contribution < -0.4 is 4.57 Å². The summed E-state index contributed by atoms with van der Waals surface area (Å²) in [4.78, 5) is 0. The maximum Gasteiger partial charge on any atom is 0.485 e. The molecule has 1 saturated carbocycles. The van der Waals surface area contributed by atoms with E-state index in [2.05, 4.69) is 0 Å². The highest BCUT2D eigenvalue weighted by Gasteiger charge is 2.37. The van der Waals surface area contributed by atoms with Crippen molar-refractivity contribution in [3.8, 4) is 0 Å². The monoisotopic (exact) mass is 379 g/mol. The molecule has 8 nitrogen and oxygen atoms in total. The van der Waals surface area contributed by atoms with Gasteiger partial charge in [-0.15, -0.1) is 3.97 Å². The van der Waals surface area contributed by atoms with Crippen LogP contribution in [0.4, 0.5) is 13.2 Å². The fraction of sp³-hybridized carbons (Fsp3) is 0.700. The number of alkyl halides is 3. The quantitative estimate of drug-likeness (QED) is 0.409. The first kappa shape index (κ1) is 19.9. The van der Waals surface area contributed by atoms with Gasteiger partial charge in [0.25, 0.3) is 6.33 Å². The van der Waals surface area contributed by atoms with Gasteiger partial charge in [0.1, 0.15) is 12.4 Å². The third kappa shape index (κ3) is 5.75. The lowest BCUT2D eigenvalue weighted by Crippen LogP contribution is -2.34. The molecule has 0 saturated heterocycles. The van der Waals surface area contributed by atoms with Gasteiger partial charge in [-0.1, -0.05) is 0 Å². The first-order chi connectivity index (χ1) is 10.2. The number of hydrogen-bond acceptors (Lipinski definition) is 5. The summed E-state index contributed by atoms with van der Waals surface area (Å²) in [5.74, 6) is 0.564. The van der Waals surface area contributed by atoms with E-state index in [1.807, 2.05) is 0 Å². The minimum absolute atomic E-state index is 0.564. The van der Waals surface area contributed by atoms with E-state index in [9.17, 15) is 21.6 Å². The molecule has 1 aromatic rings. The summed E-state index contributed by atoms with van der Waals surface area (Å²) in [7, 11) is -6.00. The van der Waals surface area contributed by atoms with Crippen molar-refractivity contribution in [2.75, 3.05) is 13.6 Å².